The third kappa shape index (κ3) is 5.10. The Morgan fingerprint density at radius 3 is 2.44 bits per heavy atom. The Labute approximate surface area is 110 Å². The Kier molecular flexibility index (Phi) is 4.46. The smallest absolute Gasteiger partial charge is 0.398 e. The van der Waals surface area contributed by atoms with Gasteiger partial charge in [0.05, 0.1) is 5.69 Å². The molecule has 10 heteroatoms. The molecule has 102 valence electrons. The average molecular weight is 348 g/mol. The monoisotopic (exact) mass is 347 g/mol. The molecule has 0 atom stereocenters. The van der Waals surface area contributed by atoms with Gasteiger partial charge in [0.1, 0.15) is 6.54 Å². The zero-order chi connectivity index (χ0) is 14.0. The summed E-state index contributed by atoms with van der Waals surface area (Å²) in [6.45, 7) is -1.64. The summed E-state index contributed by atoms with van der Waals surface area (Å²) in [5.74, 6) is 0. The number of rotatable bonds is 4. The van der Waals surface area contributed by atoms with E-state index in [-0.39, 0.29) is 11.4 Å². The molecule has 0 aromatic heterocycles. The predicted molar refractivity (Wildman–Crippen MR) is 65.2 cm³/mol. The lowest BCUT2D eigenvalue weighted by molar-refractivity contribution is -0.121. The van der Waals surface area contributed by atoms with Gasteiger partial charge in [0.15, 0.2) is 0 Å². The van der Waals surface area contributed by atoms with Crippen molar-refractivity contribution >= 4 is 37.5 Å². The number of alkyl halides is 3. The van der Waals surface area contributed by atoms with Gasteiger partial charge in [-0.1, -0.05) is 0 Å². The Balaban J connectivity index is 2.74. The number of hydrogen-bond donors (Lipinski definition) is 3. The summed E-state index contributed by atoms with van der Waals surface area (Å²) in [6.07, 6.45) is -4.62. The van der Waals surface area contributed by atoms with Crippen molar-refractivity contribution in [2.75, 3.05) is 17.0 Å². The lowest BCUT2D eigenvalue weighted by atomic mass is 10.3. The summed E-state index contributed by atoms with van der Waals surface area (Å²) in [5.41, 5.74) is 5.82. The van der Waals surface area contributed by atoms with E-state index in [0.29, 0.717) is 4.47 Å². The number of nitrogens with one attached hydrogen (secondary N) is 2. The van der Waals surface area contributed by atoms with Crippen LogP contribution in [0.5, 0.6) is 0 Å². The third-order valence-corrected chi connectivity index (χ3v) is 3.46. The minimum absolute atomic E-state index is 0.0605. The Morgan fingerprint density at radius 1 is 1.33 bits per heavy atom. The zero-order valence-corrected chi connectivity index (χ0v) is 11.2. The van der Waals surface area contributed by atoms with Crippen LogP contribution in [0.3, 0.4) is 0 Å². The molecule has 0 aliphatic carbocycles. The summed E-state index contributed by atoms with van der Waals surface area (Å²) < 4.78 is 62.0. The molecular formula is C8H9BrF3N3O2S. The number of nitrogen functional groups attached to an aromatic ring is 1. The first kappa shape index (κ1) is 15.1. The van der Waals surface area contributed by atoms with Gasteiger partial charge >= 0.3 is 6.18 Å². The van der Waals surface area contributed by atoms with E-state index in [1.807, 2.05) is 4.72 Å². The number of anilines is 2. The SMILES string of the molecule is Nc1cc(NS(=O)(=O)NCC(F)(F)F)ccc1Br. The molecule has 0 aliphatic rings. The largest absolute Gasteiger partial charge is 0.402 e. The first-order chi connectivity index (χ1) is 8.09. The first-order valence-corrected chi connectivity index (χ1v) is 6.76. The molecule has 0 saturated carbocycles. The maximum absolute atomic E-state index is 11.9. The van der Waals surface area contributed by atoms with Crippen LogP contribution in [0.25, 0.3) is 0 Å². The third-order valence-electron chi connectivity index (χ3n) is 1.71. The van der Waals surface area contributed by atoms with E-state index in [2.05, 4.69) is 15.9 Å². The first-order valence-electron chi connectivity index (χ1n) is 4.48. The van der Waals surface area contributed by atoms with Crippen LogP contribution in [0.2, 0.25) is 0 Å². The fourth-order valence-electron chi connectivity index (χ4n) is 0.975. The summed E-state index contributed by atoms with van der Waals surface area (Å²) >= 11 is 3.10. The van der Waals surface area contributed by atoms with Crippen LogP contribution >= 0.6 is 15.9 Å². The molecule has 18 heavy (non-hydrogen) atoms. The van der Waals surface area contributed by atoms with Crippen molar-refractivity contribution in [3.8, 4) is 0 Å². The highest BCUT2D eigenvalue weighted by atomic mass is 79.9. The molecule has 1 rings (SSSR count). The lowest BCUT2D eigenvalue weighted by Crippen LogP contribution is -2.37. The van der Waals surface area contributed by atoms with Gasteiger partial charge in [-0.05, 0) is 34.1 Å². The molecule has 0 saturated heterocycles. The van der Waals surface area contributed by atoms with Gasteiger partial charge in [-0.25, -0.2) is 0 Å². The van der Waals surface area contributed by atoms with E-state index in [1.165, 1.54) is 22.9 Å². The average Bonchev–Trinajstić information content (AvgIpc) is 2.20. The highest BCUT2D eigenvalue weighted by molar-refractivity contribution is 9.10. The van der Waals surface area contributed by atoms with Gasteiger partial charge in [-0.3, -0.25) is 4.72 Å². The van der Waals surface area contributed by atoms with Gasteiger partial charge in [-0.15, -0.1) is 0 Å². The second kappa shape index (κ2) is 5.33. The Hall–Kier alpha value is -1.00. The molecule has 0 radical (unpaired) electrons. The molecule has 1 aromatic carbocycles. The minimum atomic E-state index is -4.62. The van der Waals surface area contributed by atoms with Crippen LogP contribution in [-0.2, 0) is 10.2 Å². The van der Waals surface area contributed by atoms with Crippen molar-refractivity contribution in [2.24, 2.45) is 0 Å². The van der Waals surface area contributed by atoms with Crippen LogP contribution in [0.4, 0.5) is 24.5 Å². The number of hydrogen-bond acceptors (Lipinski definition) is 3. The summed E-state index contributed by atoms with van der Waals surface area (Å²) in [5, 5.41) is 0. The van der Waals surface area contributed by atoms with E-state index in [9.17, 15) is 21.6 Å². The molecule has 4 N–H and O–H groups in total. The second-order valence-electron chi connectivity index (χ2n) is 3.28. The zero-order valence-electron chi connectivity index (χ0n) is 8.75. The highest BCUT2D eigenvalue weighted by Gasteiger charge is 2.29. The Bertz CT molecular complexity index is 533. The van der Waals surface area contributed by atoms with Gasteiger partial charge in [0.25, 0.3) is 10.2 Å². The van der Waals surface area contributed by atoms with Crippen molar-refractivity contribution in [2.45, 2.75) is 6.18 Å². The molecule has 0 unspecified atom stereocenters. The highest BCUT2D eigenvalue weighted by Crippen LogP contribution is 2.23. The standard InChI is InChI=1S/C8H9BrF3N3O2S/c9-6-2-1-5(3-7(6)13)15-18(16,17)14-4-8(10,11)12/h1-3,14-15H,4,13H2. The van der Waals surface area contributed by atoms with Crippen molar-refractivity contribution in [3.05, 3.63) is 22.7 Å². The maximum atomic E-state index is 11.9. The normalized spacial score (nSPS) is 12.4. The van der Waals surface area contributed by atoms with Crippen molar-refractivity contribution in [1.29, 1.82) is 0 Å². The van der Waals surface area contributed by atoms with Crippen LogP contribution in [0.1, 0.15) is 0 Å². The van der Waals surface area contributed by atoms with E-state index in [4.69, 9.17) is 5.73 Å². The molecule has 1 aromatic rings. The van der Waals surface area contributed by atoms with E-state index < -0.39 is 22.9 Å². The minimum Gasteiger partial charge on any atom is -0.398 e. The van der Waals surface area contributed by atoms with Gasteiger partial charge in [0.2, 0.25) is 0 Å². The molecule has 0 bridgehead atoms. The number of halogens is 4. The van der Waals surface area contributed by atoms with Gasteiger partial charge < -0.3 is 5.73 Å². The van der Waals surface area contributed by atoms with Crippen LogP contribution in [0.15, 0.2) is 22.7 Å². The predicted octanol–water partition coefficient (Wildman–Crippen LogP) is 1.84. The second-order valence-corrected chi connectivity index (χ2v) is 5.63. The van der Waals surface area contributed by atoms with Crippen molar-refractivity contribution < 1.29 is 21.6 Å². The lowest BCUT2D eigenvalue weighted by Gasteiger charge is -2.11. The van der Waals surface area contributed by atoms with Crippen LogP contribution < -0.4 is 15.2 Å². The number of nitrogens with two attached hydrogens (primary N) is 1. The number of benzene rings is 1. The van der Waals surface area contributed by atoms with E-state index in [1.54, 1.807) is 0 Å². The molecule has 0 spiro atoms. The Morgan fingerprint density at radius 2 is 1.94 bits per heavy atom. The van der Waals surface area contributed by atoms with Crippen molar-refractivity contribution in [3.63, 3.8) is 0 Å². The summed E-state index contributed by atoms with van der Waals surface area (Å²) in [7, 11) is -4.29. The molecule has 5 nitrogen and oxygen atoms in total. The van der Waals surface area contributed by atoms with Crippen LogP contribution in [-0.4, -0.2) is 21.1 Å². The van der Waals surface area contributed by atoms with E-state index in [0.717, 1.165) is 0 Å². The molecule has 0 fully saturated rings. The molecule has 0 amide bonds. The fraction of sp³-hybridized carbons (Fsp3) is 0.250. The topological polar surface area (TPSA) is 84.2 Å². The van der Waals surface area contributed by atoms with Gasteiger partial charge in [0, 0.05) is 10.2 Å². The van der Waals surface area contributed by atoms with E-state index >= 15 is 0 Å². The van der Waals surface area contributed by atoms with Crippen molar-refractivity contribution in [1.82, 2.24) is 4.72 Å². The molecule has 0 aliphatic heterocycles. The molecular weight excluding hydrogens is 339 g/mol. The maximum Gasteiger partial charge on any atom is 0.402 e. The molecule has 0 heterocycles. The summed E-state index contributed by atoms with van der Waals surface area (Å²) in [4.78, 5) is 0. The quantitative estimate of drug-likeness (QED) is 0.726. The summed E-state index contributed by atoms with van der Waals surface area (Å²) in [6, 6.07) is 4.10. The van der Waals surface area contributed by atoms with Gasteiger partial charge in [-0.2, -0.15) is 26.3 Å². The fourth-order valence-corrected chi connectivity index (χ4v) is 2.09. The van der Waals surface area contributed by atoms with Crippen LogP contribution in [0, 0.1) is 0 Å².